The average Bonchev–Trinajstić information content (AvgIpc) is 3.32. The predicted octanol–water partition coefficient (Wildman–Crippen LogP) is 4.40. The van der Waals surface area contributed by atoms with Gasteiger partial charge < -0.3 is 10.6 Å². The van der Waals surface area contributed by atoms with Crippen LogP contribution in [0, 0.1) is 5.92 Å². The van der Waals surface area contributed by atoms with Gasteiger partial charge in [0.25, 0.3) is 5.91 Å². The lowest BCUT2D eigenvalue weighted by molar-refractivity contribution is -0.136. The zero-order valence-corrected chi connectivity index (χ0v) is 18.6. The Hall–Kier alpha value is -3.26. The Morgan fingerprint density at radius 1 is 1.22 bits per heavy atom. The first kappa shape index (κ1) is 20.6. The zero-order chi connectivity index (χ0) is 22.3. The van der Waals surface area contributed by atoms with Crippen LogP contribution < -0.4 is 10.6 Å². The highest BCUT2D eigenvalue weighted by molar-refractivity contribution is 7.21. The van der Waals surface area contributed by atoms with Gasteiger partial charge in [-0.25, -0.2) is 9.78 Å². The molecule has 2 heterocycles. The first-order valence-corrected chi connectivity index (χ1v) is 11.7. The summed E-state index contributed by atoms with van der Waals surface area (Å²) in [5, 5.41) is 6.57. The molecule has 0 bridgehead atoms. The molecule has 2 atom stereocenters. The van der Waals surface area contributed by atoms with Crippen LogP contribution in [0.15, 0.2) is 48.5 Å². The Morgan fingerprint density at radius 2 is 2.06 bits per heavy atom. The van der Waals surface area contributed by atoms with Crippen molar-refractivity contribution >= 4 is 45.1 Å². The molecule has 2 N–H and O–H groups in total. The number of nitrogens with zero attached hydrogens (tertiary/aromatic N) is 2. The van der Waals surface area contributed by atoms with Gasteiger partial charge in [0, 0.05) is 11.3 Å². The summed E-state index contributed by atoms with van der Waals surface area (Å²) in [5.41, 5.74) is 1.57. The number of nitrogens with one attached hydrogen (secondary N) is 2. The Balaban J connectivity index is 1.30. The minimum Gasteiger partial charge on any atom is -0.325 e. The molecule has 1 spiro atoms. The van der Waals surface area contributed by atoms with E-state index < -0.39 is 17.5 Å². The van der Waals surface area contributed by atoms with Crippen LogP contribution >= 0.6 is 11.3 Å². The number of thiazole rings is 1. The number of fused-ring (bicyclic) bond motifs is 1. The maximum Gasteiger partial charge on any atom is 0.325 e. The fraction of sp³-hybridized carbons (Fsp3) is 0.333. The largest absolute Gasteiger partial charge is 0.325 e. The van der Waals surface area contributed by atoms with Gasteiger partial charge in [0.05, 0.1) is 10.2 Å². The van der Waals surface area contributed by atoms with Crippen molar-refractivity contribution in [1.29, 1.82) is 0 Å². The third-order valence-corrected chi connectivity index (χ3v) is 7.58. The van der Waals surface area contributed by atoms with E-state index in [1.165, 1.54) is 0 Å². The van der Waals surface area contributed by atoms with E-state index in [0.717, 1.165) is 45.0 Å². The van der Waals surface area contributed by atoms with Crippen molar-refractivity contribution in [1.82, 2.24) is 15.2 Å². The predicted molar refractivity (Wildman–Crippen MR) is 124 cm³/mol. The van der Waals surface area contributed by atoms with Gasteiger partial charge in [-0.2, -0.15) is 0 Å². The van der Waals surface area contributed by atoms with Gasteiger partial charge in [-0.3, -0.25) is 14.5 Å². The number of amides is 4. The normalized spacial score (nSPS) is 23.0. The van der Waals surface area contributed by atoms with Crippen molar-refractivity contribution in [2.75, 3.05) is 11.9 Å². The molecule has 1 aliphatic heterocycles. The highest BCUT2D eigenvalue weighted by Crippen LogP contribution is 2.38. The van der Waals surface area contributed by atoms with Crippen molar-refractivity contribution in [3.05, 3.63) is 48.5 Å². The van der Waals surface area contributed by atoms with E-state index >= 15 is 0 Å². The van der Waals surface area contributed by atoms with Gasteiger partial charge in [0.15, 0.2) is 0 Å². The summed E-state index contributed by atoms with van der Waals surface area (Å²) < 4.78 is 1.10. The van der Waals surface area contributed by atoms with E-state index in [4.69, 9.17) is 0 Å². The van der Waals surface area contributed by atoms with Crippen LogP contribution in [0.3, 0.4) is 0 Å². The molecule has 0 radical (unpaired) electrons. The number of para-hydroxylation sites is 1. The topological polar surface area (TPSA) is 91.4 Å². The zero-order valence-electron chi connectivity index (χ0n) is 17.8. The van der Waals surface area contributed by atoms with Crippen LogP contribution in [0.2, 0.25) is 0 Å². The van der Waals surface area contributed by atoms with Crippen LogP contribution in [0.4, 0.5) is 10.5 Å². The second-order valence-electron chi connectivity index (χ2n) is 8.56. The fourth-order valence-electron chi connectivity index (χ4n) is 4.71. The number of hydrogen-bond donors (Lipinski definition) is 2. The molecule has 2 aromatic carbocycles. The highest BCUT2D eigenvalue weighted by atomic mass is 32.1. The van der Waals surface area contributed by atoms with Gasteiger partial charge >= 0.3 is 6.03 Å². The quantitative estimate of drug-likeness (QED) is 0.579. The Labute approximate surface area is 189 Å². The number of benzene rings is 2. The van der Waals surface area contributed by atoms with E-state index in [9.17, 15) is 14.4 Å². The fourth-order valence-corrected chi connectivity index (χ4v) is 5.67. The molecule has 2 fully saturated rings. The monoisotopic (exact) mass is 448 g/mol. The number of aromatic nitrogens is 1. The van der Waals surface area contributed by atoms with Crippen molar-refractivity contribution < 1.29 is 14.4 Å². The molecule has 32 heavy (non-hydrogen) atoms. The molecule has 1 aliphatic carbocycles. The Kier molecular flexibility index (Phi) is 5.17. The molecule has 0 unspecified atom stereocenters. The number of rotatable bonds is 4. The van der Waals surface area contributed by atoms with Gasteiger partial charge in [-0.05, 0) is 43.0 Å². The summed E-state index contributed by atoms with van der Waals surface area (Å²) >= 11 is 1.59. The Morgan fingerprint density at radius 3 is 2.88 bits per heavy atom. The molecule has 7 nitrogen and oxygen atoms in total. The summed E-state index contributed by atoms with van der Waals surface area (Å²) in [4.78, 5) is 44.0. The van der Waals surface area contributed by atoms with E-state index in [-0.39, 0.29) is 18.4 Å². The van der Waals surface area contributed by atoms with Gasteiger partial charge in [-0.1, -0.05) is 44.0 Å². The molecule has 2 aliphatic rings. The van der Waals surface area contributed by atoms with Crippen LogP contribution in [0.1, 0.15) is 32.6 Å². The number of hydrogen-bond acceptors (Lipinski definition) is 5. The first-order chi connectivity index (χ1) is 15.5. The molecule has 1 saturated carbocycles. The summed E-state index contributed by atoms with van der Waals surface area (Å²) in [6.07, 6.45) is 3.47. The number of anilines is 1. The van der Waals surface area contributed by atoms with Crippen molar-refractivity contribution in [3.8, 4) is 10.6 Å². The number of carbonyl (C=O) groups excluding carboxylic acids is 3. The minimum absolute atomic E-state index is 0.0613. The van der Waals surface area contributed by atoms with Crippen molar-refractivity contribution in [2.24, 2.45) is 5.92 Å². The molecular formula is C24H24N4O3S. The third-order valence-electron chi connectivity index (χ3n) is 6.49. The molecule has 3 aromatic rings. The summed E-state index contributed by atoms with van der Waals surface area (Å²) in [7, 11) is 0. The van der Waals surface area contributed by atoms with Gasteiger partial charge in [0.1, 0.15) is 17.1 Å². The van der Waals surface area contributed by atoms with Crippen molar-refractivity contribution in [3.63, 3.8) is 0 Å². The van der Waals surface area contributed by atoms with Gasteiger partial charge in [-0.15, -0.1) is 11.3 Å². The number of carbonyl (C=O) groups is 3. The van der Waals surface area contributed by atoms with Crippen LogP contribution in [0.25, 0.3) is 20.8 Å². The van der Waals surface area contributed by atoms with Crippen LogP contribution in [-0.4, -0.2) is 39.8 Å². The molecule has 8 heteroatoms. The third kappa shape index (κ3) is 3.54. The van der Waals surface area contributed by atoms with E-state index in [0.29, 0.717) is 12.1 Å². The SMILES string of the molecule is C[C@H]1CCCC[C@@]12NC(=O)N(CC(=O)Nc1cccc(-c3nc4ccccc4s3)c1)C2=O. The lowest BCUT2D eigenvalue weighted by Gasteiger charge is -2.36. The molecule has 4 amide bonds. The number of urea groups is 1. The molecule has 5 rings (SSSR count). The average molecular weight is 449 g/mol. The summed E-state index contributed by atoms with van der Waals surface area (Å²) in [6.45, 7) is 1.69. The second-order valence-corrected chi connectivity index (χ2v) is 9.59. The molecular weight excluding hydrogens is 424 g/mol. The smallest absolute Gasteiger partial charge is 0.325 e. The van der Waals surface area contributed by atoms with E-state index in [1.54, 1.807) is 17.4 Å². The lowest BCUT2D eigenvalue weighted by atomic mass is 9.73. The number of imide groups is 1. The summed E-state index contributed by atoms with van der Waals surface area (Å²) in [6, 6.07) is 14.9. The minimum atomic E-state index is -0.859. The van der Waals surface area contributed by atoms with E-state index in [1.807, 2.05) is 49.4 Å². The maximum absolute atomic E-state index is 13.1. The molecule has 1 saturated heterocycles. The van der Waals surface area contributed by atoms with E-state index in [2.05, 4.69) is 15.6 Å². The molecule has 164 valence electrons. The molecule has 1 aromatic heterocycles. The van der Waals surface area contributed by atoms with Crippen LogP contribution in [-0.2, 0) is 9.59 Å². The van der Waals surface area contributed by atoms with Crippen LogP contribution in [0.5, 0.6) is 0 Å². The maximum atomic E-state index is 13.1. The first-order valence-electron chi connectivity index (χ1n) is 10.9. The lowest BCUT2D eigenvalue weighted by Crippen LogP contribution is -2.54. The Bertz CT molecular complexity index is 1190. The van der Waals surface area contributed by atoms with Gasteiger partial charge in [0.2, 0.25) is 5.91 Å². The standard InChI is InChI=1S/C24H24N4O3S/c1-15-7-4-5-12-24(15)22(30)28(23(31)27-24)14-20(29)25-17-9-6-8-16(13-17)21-26-18-10-2-3-11-19(18)32-21/h2-3,6,8-11,13,15H,4-5,7,12,14H2,1H3,(H,25,29)(H,27,31)/t15-,24+/m0/s1. The van der Waals surface area contributed by atoms with Crippen molar-refractivity contribution in [2.45, 2.75) is 38.1 Å². The summed E-state index contributed by atoms with van der Waals surface area (Å²) in [5.74, 6) is -0.630. The highest BCUT2D eigenvalue weighted by Gasteiger charge is 2.55. The second kappa shape index (κ2) is 8.02.